The lowest BCUT2D eigenvalue weighted by atomic mass is 10.1. The fraction of sp³-hybridized carbons (Fsp3) is 0.111. The third-order valence-electron chi connectivity index (χ3n) is 3.68. The zero-order chi connectivity index (χ0) is 18.5. The predicted octanol–water partition coefficient (Wildman–Crippen LogP) is 3.67. The van der Waals surface area contributed by atoms with E-state index in [4.69, 9.17) is 11.6 Å². The number of anilines is 1. The maximum Gasteiger partial charge on any atom is 0.269 e. The van der Waals surface area contributed by atoms with E-state index >= 15 is 0 Å². The second-order valence-electron chi connectivity index (χ2n) is 5.67. The molecule has 1 aromatic heterocycles. The fourth-order valence-corrected chi connectivity index (χ4v) is 2.53. The van der Waals surface area contributed by atoms with E-state index in [0.717, 1.165) is 5.56 Å². The van der Waals surface area contributed by atoms with Crippen LogP contribution in [0.25, 0.3) is 0 Å². The molecular formula is C18H15ClN4O3. The van der Waals surface area contributed by atoms with Crippen LogP contribution in [0.15, 0.2) is 60.8 Å². The monoisotopic (exact) mass is 370 g/mol. The summed E-state index contributed by atoms with van der Waals surface area (Å²) in [7, 11) is 0. The van der Waals surface area contributed by atoms with Crippen molar-refractivity contribution in [2.75, 3.05) is 5.32 Å². The van der Waals surface area contributed by atoms with Gasteiger partial charge in [0.1, 0.15) is 0 Å². The van der Waals surface area contributed by atoms with Crippen molar-refractivity contribution in [3.63, 3.8) is 0 Å². The number of halogens is 1. The van der Waals surface area contributed by atoms with Crippen LogP contribution in [-0.4, -0.2) is 20.6 Å². The number of rotatable bonds is 6. The van der Waals surface area contributed by atoms with E-state index in [2.05, 4.69) is 10.4 Å². The highest BCUT2D eigenvalue weighted by Gasteiger charge is 2.09. The first-order valence-electron chi connectivity index (χ1n) is 7.81. The molecule has 2 aromatic carbocycles. The van der Waals surface area contributed by atoms with Crippen molar-refractivity contribution in [3.05, 3.63) is 87.1 Å². The molecule has 1 heterocycles. The number of nitrogens with zero attached hydrogens (tertiary/aromatic N) is 3. The van der Waals surface area contributed by atoms with Gasteiger partial charge in [-0.05, 0) is 23.3 Å². The molecule has 0 radical (unpaired) electrons. The van der Waals surface area contributed by atoms with Crippen LogP contribution < -0.4 is 5.32 Å². The fourth-order valence-electron chi connectivity index (χ4n) is 2.40. The second-order valence-corrected chi connectivity index (χ2v) is 6.11. The molecule has 1 amide bonds. The Morgan fingerprint density at radius 3 is 2.38 bits per heavy atom. The number of amides is 1. The number of non-ortho nitro benzene ring substituents is 1. The molecule has 0 fully saturated rings. The molecule has 3 aromatic rings. The second kappa shape index (κ2) is 7.79. The molecule has 132 valence electrons. The molecule has 0 bridgehead atoms. The van der Waals surface area contributed by atoms with Crippen molar-refractivity contribution in [2.45, 2.75) is 13.0 Å². The molecule has 3 rings (SSSR count). The van der Waals surface area contributed by atoms with Crippen LogP contribution in [0.5, 0.6) is 0 Å². The lowest BCUT2D eigenvalue weighted by molar-refractivity contribution is -0.384. The number of hydrogen-bond acceptors (Lipinski definition) is 4. The minimum absolute atomic E-state index is 0.00454. The third-order valence-corrected chi connectivity index (χ3v) is 3.93. The van der Waals surface area contributed by atoms with E-state index in [1.54, 1.807) is 29.1 Å². The molecule has 0 spiro atoms. The van der Waals surface area contributed by atoms with E-state index in [1.165, 1.54) is 12.1 Å². The Morgan fingerprint density at radius 1 is 1.08 bits per heavy atom. The van der Waals surface area contributed by atoms with Crippen molar-refractivity contribution in [2.24, 2.45) is 0 Å². The third kappa shape index (κ3) is 4.67. The average Bonchev–Trinajstić information content (AvgIpc) is 3.04. The molecule has 0 saturated carbocycles. The molecule has 0 aliphatic carbocycles. The molecule has 26 heavy (non-hydrogen) atoms. The standard InChI is InChI=1S/C18H15ClN4O3/c19-15-5-1-14(2-6-15)12-22-10-9-17(21-22)20-18(24)11-13-3-7-16(8-4-13)23(25)26/h1-10H,11-12H2,(H,20,21,24). The van der Waals surface area contributed by atoms with Gasteiger partial charge in [-0.2, -0.15) is 5.10 Å². The van der Waals surface area contributed by atoms with Gasteiger partial charge >= 0.3 is 0 Å². The number of carbonyl (C=O) groups excluding carboxylic acids is 1. The first kappa shape index (κ1) is 17.6. The van der Waals surface area contributed by atoms with Crippen molar-refractivity contribution < 1.29 is 9.72 Å². The lowest BCUT2D eigenvalue weighted by Gasteiger charge is -2.04. The Labute approximate surface area is 154 Å². The van der Waals surface area contributed by atoms with Gasteiger partial charge in [-0.15, -0.1) is 0 Å². The van der Waals surface area contributed by atoms with Crippen LogP contribution in [0, 0.1) is 10.1 Å². The zero-order valence-electron chi connectivity index (χ0n) is 13.6. The van der Waals surface area contributed by atoms with Crippen LogP contribution in [0.4, 0.5) is 11.5 Å². The van der Waals surface area contributed by atoms with Crippen molar-refractivity contribution >= 4 is 29.0 Å². The molecular weight excluding hydrogens is 356 g/mol. The van der Waals surface area contributed by atoms with Gasteiger partial charge in [-0.3, -0.25) is 19.6 Å². The maximum atomic E-state index is 12.1. The lowest BCUT2D eigenvalue weighted by Crippen LogP contribution is -2.15. The summed E-state index contributed by atoms with van der Waals surface area (Å²) in [6.45, 7) is 0.565. The topological polar surface area (TPSA) is 90.1 Å². The summed E-state index contributed by atoms with van der Waals surface area (Å²) in [4.78, 5) is 22.3. The summed E-state index contributed by atoms with van der Waals surface area (Å²) in [6, 6.07) is 15.1. The van der Waals surface area contributed by atoms with Crippen LogP contribution in [-0.2, 0) is 17.8 Å². The predicted molar refractivity (Wildman–Crippen MR) is 98.2 cm³/mol. The van der Waals surface area contributed by atoms with Crippen LogP contribution in [0.3, 0.4) is 0 Å². The number of nitrogens with one attached hydrogen (secondary N) is 1. The molecule has 0 aliphatic heterocycles. The highest BCUT2D eigenvalue weighted by Crippen LogP contribution is 2.14. The van der Waals surface area contributed by atoms with Gasteiger partial charge in [-0.1, -0.05) is 35.9 Å². The SMILES string of the molecule is O=C(Cc1ccc([N+](=O)[O-])cc1)Nc1ccn(Cc2ccc(Cl)cc2)n1. The Morgan fingerprint density at radius 2 is 1.73 bits per heavy atom. The number of hydrogen-bond donors (Lipinski definition) is 1. The van der Waals surface area contributed by atoms with Crippen LogP contribution in [0.2, 0.25) is 5.02 Å². The largest absolute Gasteiger partial charge is 0.309 e. The molecule has 7 nitrogen and oxygen atoms in total. The number of aromatic nitrogens is 2. The molecule has 0 atom stereocenters. The van der Waals surface area contributed by atoms with Gasteiger partial charge in [-0.25, -0.2) is 0 Å². The van der Waals surface area contributed by atoms with Crippen molar-refractivity contribution in [1.29, 1.82) is 0 Å². The summed E-state index contributed by atoms with van der Waals surface area (Å²) in [5.41, 5.74) is 1.73. The van der Waals surface area contributed by atoms with E-state index < -0.39 is 4.92 Å². The molecule has 1 N–H and O–H groups in total. The quantitative estimate of drug-likeness (QED) is 0.529. The summed E-state index contributed by atoms with van der Waals surface area (Å²) in [5.74, 6) is 0.210. The van der Waals surface area contributed by atoms with Gasteiger partial charge < -0.3 is 5.32 Å². The van der Waals surface area contributed by atoms with E-state index in [9.17, 15) is 14.9 Å². The van der Waals surface area contributed by atoms with Crippen LogP contribution in [0.1, 0.15) is 11.1 Å². The minimum atomic E-state index is -0.475. The van der Waals surface area contributed by atoms with E-state index in [-0.39, 0.29) is 18.0 Å². The van der Waals surface area contributed by atoms with Crippen molar-refractivity contribution in [3.8, 4) is 0 Å². The number of nitro benzene ring substituents is 1. The normalized spacial score (nSPS) is 10.5. The molecule has 0 unspecified atom stereocenters. The number of nitro groups is 1. The van der Waals surface area contributed by atoms with Crippen LogP contribution >= 0.6 is 11.6 Å². The molecule has 0 aliphatic rings. The maximum absolute atomic E-state index is 12.1. The Hall–Kier alpha value is -3.19. The minimum Gasteiger partial charge on any atom is -0.309 e. The van der Waals surface area contributed by atoms with Gasteiger partial charge in [0.2, 0.25) is 5.91 Å². The molecule has 8 heteroatoms. The first-order chi connectivity index (χ1) is 12.5. The zero-order valence-corrected chi connectivity index (χ0v) is 14.4. The summed E-state index contributed by atoms with van der Waals surface area (Å²) >= 11 is 5.86. The van der Waals surface area contributed by atoms with E-state index in [1.807, 2.05) is 24.3 Å². The summed E-state index contributed by atoms with van der Waals surface area (Å²) < 4.78 is 1.71. The van der Waals surface area contributed by atoms with Gasteiger partial charge in [0.25, 0.3) is 5.69 Å². The van der Waals surface area contributed by atoms with Gasteiger partial charge in [0.05, 0.1) is 17.9 Å². The molecule has 0 saturated heterocycles. The van der Waals surface area contributed by atoms with E-state index in [0.29, 0.717) is 22.9 Å². The average molecular weight is 371 g/mol. The highest BCUT2D eigenvalue weighted by molar-refractivity contribution is 6.30. The Balaban J connectivity index is 1.57. The first-order valence-corrected chi connectivity index (χ1v) is 8.18. The smallest absolute Gasteiger partial charge is 0.269 e. The highest BCUT2D eigenvalue weighted by atomic mass is 35.5. The number of benzene rings is 2. The summed E-state index contributed by atoms with van der Waals surface area (Å²) in [5, 5.41) is 18.3. The number of carbonyl (C=O) groups is 1. The Bertz CT molecular complexity index is 920. The summed E-state index contributed by atoms with van der Waals surface area (Å²) in [6.07, 6.45) is 1.89. The van der Waals surface area contributed by atoms with Gasteiger partial charge in [0, 0.05) is 29.4 Å². The van der Waals surface area contributed by atoms with Gasteiger partial charge in [0.15, 0.2) is 5.82 Å². The van der Waals surface area contributed by atoms with Crippen molar-refractivity contribution in [1.82, 2.24) is 9.78 Å². The Kier molecular flexibility index (Phi) is 5.28.